The molecule has 1 aromatic heterocycles. The first-order valence-corrected chi connectivity index (χ1v) is 10.3. The zero-order valence-electron chi connectivity index (χ0n) is 17.0. The Morgan fingerprint density at radius 1 is 1.21 bits per heavy atom. The predicted octanol–water partition coefficient (Wildman–Crippen LogP) is 2.11. The van der Waals surface area contributed by atoms with E-state index < -0.39 is 0 Å². The number of likely N-dealkylation sites (tertiary alicyclic amines) is 2. The second-order valence-electron chi connectivity index (χ2n) is 8.48. The molecule has 2 aliphatic rings. The van der Waals surface area contributed by atoms with Gasteiger partial charge in [-0.2, -0.15) is 0 Å². The highest BCUT2D eigenvalue weighted by molar-refractivity contribution is 5.73. The van der Waals surface area contributed by atoms with Crippen LogP contribution in [-0.2, 0) is 17.9 Å². The fourth-order valence-corrected chi connectivity index (χ4v) is 4.93. The first-order valence-electron chi connectivity index (χ1n) is 10.3. The number of piperidine rings is 1. The van der Waals surface area contributed by atoms with E-state index in [2.05, 4.69) is 62.0 Å². The van der Waals surface area contributed by atoms with Gasteiger partial charge in [-0.15, -0.1) is 0 Å². The molecule has 0 bridgehead atoms. The number of aromatic nitrogens is 2. The van der Waals surface area contributed by atoms with Crippen LogP contribution >= 0.6 is 0 Å². The van der Waals surface area contributed by atoms with E-state index in [9.17, 15) is 4.79 Å². The summed E-state index contributed by atoms with van der Waals surface area (Å²) in [6, 6.07) is 10.8. The van der Waals surface area contributed by atoms with Crippen molar-refractivity contribution in [2.75, 3.05) is 26.7 Å². The molecule has 4 rings (SSSR count). The second-order valence-corrected chi connectivity index (χ2v) is 8.48. The van der Waals surface area contributed by atoms with Gasteiger partial charge < -0.3 is 9.88 Å². The van der Waals surface area contributed by atoms with Gasteiger partial charge in [-0.1, -0.05) is 30.3 Å². The van der Waals surface area contributed by atoms with Gasteiger partial charge in [0, 0.05) is 57.4 Å². The Morgan fingerprint density at radius 3 is 2.68 bits per heavy atom. The van der Waals surface area contributed by atoms with Crippen LogP contribution in [0.5, 0.6) is 0 Å². The summed E-state index contributed by atoms with van der Waals surface area (Å²) in [7, 11) is 2.21. The predicted molar refractivity (Wildman–Crippen MR) is 110 cm³/mol. The van der Waals surface area contributed by atoms with Gasteiger partial charge in [-0.3, -0.25) is 14.6 Å². The van der Waals surface area contributed by atoms with Gasteiger partial charge in [0.25, 0.3) is 0 Å². The van der Waals surface area contributed by atoms with Gasteiger partial charge >= 0.3 is 0 Å². The number of likely N-dealkylation sites (N-methyl/N-ethyl adjacent to an activating group) is 1. The van der Waals surface area contributed by atoms with Crippen LogP contribution in [0.15, 0.2) is 42.9 Å². The van der Waals surface area contributed by atoms with Crippen LogP contribution in [0, 0.1) is 0 Å². The molecule has 1 N–H and O–H groups in total. The lowest BCUT2D eigenvalue weighted by Gasteiger charge is -2.43. The van der Waals surface area contributed by atoms with Crippen molar-refractivity contribution < 1.29 is 4.79 Å². The Labute approximate surface area is 167 Å². The molecule has 0 saturated carbocycles. The molecule has 1 unspecified atom stereocenters. The van der Waals surface area contributed by atoms with E-state index >= 15 is 0 Å². The molecular formula is C22H31N5O. The highest BCUT2D eigenvalue weighted by Crippen LogP contribution is 2.37. The summed E-state index contributed by atoms with van der Waals surface area (Å²) >= 11 is 0. The molecule has 1 amide bonds. The van der Waals surface area contributed by atoms with Crippen LogP contribution in [-0.4, -0.2) is 63.5 Å². The summed E-state index contributed by atoms with van der Waals surface area (Å²) in [5, 5.41) is 3.12. The molecule has 28 heavy (non-hydrogen) atoms. The van der Waals surface area contributed by atoms with Crippen LogP contribution < -0.4 is 5.32 Å². The number of nitrogens with zero attached hydrogens (tertiary/aromatic N) is 4. The molecule has 6 nitrogen and oxygen atoms in total. The third-order valence-electron chi connectivity index (χ3n) is 6.50. The van der Waals surface area contributed by atoms with Gasteiger partial charge in [0.05, 0.1) is 12.0 Å². The van der Waals surface area contributed by atoms with Crippen molar-refractivity contribution in [3.8, 4) is 0 Å². The number of carbonyl (C=O) groups is 1. The Hall–Kier alpha value is -2.18. The van der Waals surface area contributed by atoms with Crippen molar-refractivity contribution in [3.05, 3.63) is 54.1 Å². The zero-order valence-corrected chi connectivity index (χ0v) is 17.0. The van der Waals surface area contributed by atoms with Crippen LogP contribution in [0.2, 0.25) is 0 Å². The second kappa shape index (κ2) is 8.05. The van der Waals surface area contributed by atoms with Crippen molar-refractivity contribution in [2.45, 2.75) is 50.9 Å². The molecule has 0 radical (unpaired) electrons. The largest absolute Gasteiger partial charge is 0.352 e. The number of imidazole rings is 1. The van der Waals surface area contributed by atoms with E-state index in [4.69, 9.17) is 0 Å². The van der Waals surface area contributed by atoms with Crippen molar-refractivity contribution in [3.63, 3.8) is 0 Å². The molecule has 1 atom stereocenters. The monoisotopic (exact) mass is 381 g/mol. The highest BCUT2D eigenvalue weighted by Gasteiger charge is 2.45. The summed E-state index contributed by atoms with van der Waals surface area (Å²) in [6.07, 6.45) is 7.33. The van der Waals surface area contributed by atoms with Crippen molar-refractivity contribution in [1.82, 2.24) is 24.7 Å². The number of nitrogens with one attached hydrogen (secondary N) is 1. The quantitative estimate of drug-likeness (QED) is 0.862. The Bertz CT molecular complexity index is 794. The number of hydrogen-bond donors (Lipinski definition) is 1. The molecule has 2 aliphatic heterocycles. The molecule has 150 valence electrons. The lowest BCUT2D eigenvalue weighted by atomic mass is 9.84. The zero-order chi connectivity index (χ0) is 19.6. The molecule has 0 aliphatic carbocycles. The molecule has 2 saturated heterocycles. The molecule has 2 aromatic rings. The van der Waals surface area contributed by atoms with E-state index in [0.29, 0.717) is 6.04 Å². The summed E-state index contributed by atoms with van der Waals surface area (Å²) in [5.41, 5.74) is 2.82. The fraction of sp³-hybridized carbons (Fsp3) is 0.545. The summed E-state index contributed by atoms with van der Waals surface area (Å²) in [6.45, 7) is 6.58. The molecule has 1 spiro atoms. The summed E-state index contributed by atoms with van der Waals surface area (Å²) in [5.74, 6) is 0.0829. The standard InChI is InChI=1S/C22H31N5O/c1-18(28)24-20-12-22(25(2)15-20)8-10-26(11-9-22)16-21-13-23-17-27(21)14-19-6-4-3-5-7-19/h3-7,13,17,20H,8-12,14-16H2,1-2H3,(H,24,28). The number of carbonyl (C=O) groups excluding carboxylic acids is 1. The fourth-order valence-electron chi connectivity index (χ4n) is 4.93. The summed E-state index contributed by atoms with van der Waals surface area (Å²) < 4.78 is 2.26. The van der Waals surface area contributed by atoms with E-state index in [-0.39, 0.29) is 11.4 Å². The van der Waals surface area contributed by atoms with Crippen molar-refractivity contribution in [1.29, 1.82) is 0 Å². The third kappa shape index (κ3) is 4.13. The SMILES string of the molecule is CC(=O)NC1CN(C)C2(CCN(Cc3cncn3Cc3ccccc3)CC2)C1. The average molecular weight is 382 g/mol. The maximum Gasteiger partial charge on any atom is 0.217 e. The van der Waals surface area contributed by atoms with Gasteiger partial charge in [-0.05, 0) is 31.9 Å². The lowest BCUT2D eigenvalue weighted by molar-refractivity contribution is -0.119. The number of amides is 1. The lowest BCUT2D eigenvalue weighted by Crippen LogP contribution is -2.50. The summed E-state index contributed by atoms with van der Waals surface area (Å²) in [4.78, 5) is 20.8. The van der Waals surface area contributed by atoms with Gasteiger partial charge in [0.15, 0.2) is 0 Å². The van der Waals surface area contributed by atoms with E-state index in [1.165, 1.54) is 11.3 Å². The van der Waals surface area contributed by atoms with E-state index in [0.717, 1.165) is 52.0 Å². The highest BCUT2D eigenvalue weighted by atomic mass is 16.1. The Morgan fingerprint density at radius 2 is 1.96 bits per heavy atom. The maximum atomic E-state index is 11.4. The number of hydrogen-bond acceptors (Lipinski definition) is 4. The Balaban J connectivity index is 1.34. The van der Waals surface area contributed by atoms with Crippen LogP contribution in [0.4, 0.5) is 0 Å². The maximum absolute atomic E-state index is 11.4. The molecule has 3 heterocycles. The molecule has 6 heteroatoms. The molecule has 2 fully saturated rings. The minimum Gasteiger partial charge on any atom is -0.352 e. The number of benzene rings is 1. The van der Waals surface area contributed by atoms with Crippen LogP contribution in [0.3, 0.4) is 0 Å². The Kier molecular flexibility index (Phi) is 5.51. The van der Waals surface area contributed by atoms with Crippen molar-refractivity contribution in [2.24, 2.45) is 0 Å². The smallest absolute Gasteiger partial charge is 0.217 e. The van der Waals surface area contributed by atoms with E-state index in [1.54, 1.807) is 6.92 Å². The third-order valence-corrected chi connectivity index (χ3v) is 6.50. The minimum atomic E-state index is 0.0829. The molecular weight excluding hydrogens is 350 g/mol. The average Bonchev–Trinajstić information content (AvgIpc) is 3.22. The van der Waals surface area contributed by atoms with Crippen LogP contribution in [0.1, 0.15) is 37.4 Å². The van der Waals surface area contributed by atoms with E-state index in [1.807, 2.05) is 12.5 Å². The first kappa shape index (κ1) is 19.2. The normalized spacial score (nSPS) is 22.6. The van der Waals surface area contributed by atoms with Gasteiger partial charge in [0.1, 0.15) is 0 Å². The van der Waals surface area contributed by atoms with Gasteiger partial charge in [0.2, 0.25) is 5.91 Å². The van der Waals surface area contributed by atoms with Gasteiger partial charge in [-0.25, -0.2) is 4.98 Å². The van der Waals surface area contributed by atoms with Crippen molar-refractivity contribution >= 4 is 5.91 Å². The minimum absolute atomic E-state index is 0.0829. The first-order chi connectivity index (χ1) is 13.5. The number of rotatable bonds is 5. The molecule has 1 aromatic carbocycles. The van der Waals surface area contributed by atoms with Crippen LogP contribution in [0.25, 0.3) is 0 Å². The topological polar surface area (TPSA) is 53.4 Å².